The number of carbonyl (C=O) groups is 1. The SMILES string of the molecule is CCN(C(=O)CSc1nnc(COc2ccc(Cl)cc2)n1C)C1=CCCCC1. The number of amides is 1. The molecule has 150 valence electrons. The van der Waals surface area contributed by atoms with Crippen LogP contribution in [0.5, 0.6) is 5.75 Å². The van der Waals surface area contributed by atoms with Crippen LogP contribution in [0.2, 0.25) is 5.02 Å². The predicted molar refractivity (Wildman–Crippen MR) is 111 cm³/mol. The van der Waals surface area contributed by atoms with E-state index in [-0.39, 0.29) is 5.91 Å². The fraction of sp³-hybridized carbons (Fsp3) is 0.450. The summed E-state index contributed by atoms with van der Waals surface area (Å²) < 4.78 is 7.59. The van der Waals surface area contributed by atoms with Crippen LogP contribution in [0.4, 0.5) is 0 Å². The van der Waals surface area contributed by atoms with E-state index < -0.39 is 0 Å². The molecule has 0 fully saturated rings. The number of carbonyl (C=O) groups excluding carboxylic acids is 1. The van der Waals surface area contributed by atoms with E-state index in [2.05, 4.69) is 16.3 Å². The predicted octanol–water partition coefficient (Wildman–Crippen LogP) is 4.45. The average Bonchev–Trinajstić information content (AvgIpc) is 3.07. The van der Waals surface area contributed by atoms with Crippen LogP contribution in [0, 0.1) is 0 Å². The van der Waals surface area contributed by atoms with Crippen LogP contribution in [0.15, 0.2) is 41.2 Å². The lowest BCUT2D eigenvalue weighted by Gasteiger charge is -2.26. The Morgan fingerprint density at radius 1 is 1.29 bits per heavy atom. The molecule has 2 aromatic rings. The van der Waals surface area contributed by atoms with Crippen LogP contribution >= 0.6 is 23.4 Å². The molecule has 1 amide bonds. The van der Waals surface area contributed by atoms with E-state index in [1.807, 2.05) is 35.6 Å². The van der Waals surface area contributed by atoms with Gasteiger partial charge in [0.2, 0.25) is 5.91 Å². The highest BCUT2D eigenvalue weighted by Gasteiger charge is 2.19. The molecular formula is C20H25ClN4O2S. The second-order valence-electron chi connectivity index (χ2n) is 6.57. The number of aromatic nitrogens is 3. The maximum absolute atomic E-state index is 12.7. The molecule has 1 heterocycles. The maximum Gasteiger partial charge on any atom is 0.237 e. The summed E-state index contributed by atoms with van der Waals surface area (Å²) in [6.45, 7) is 3.02. The van der Waals surface area contributed by atoms with Crippen molar-refractivity contribution in [3.8, 4) is 5.75 Å². The summed E-state index contributed by atoms with van der Waals surface area (Å²) in [6.07, 6.45) is 6.61. The largest absolute Gasteiger partial charge is 0.486 e. The van der Waals surface area contributed by atoms with E-state index in [1.165, 1.54) is 18.2 Å². The van der Waals surface area contributed by atoms with Crippen molar-refractivity contribution >= 4 is 29.3 Å². The Hall–Kier alpha value is -1.99. The van der Waals surface area contributed by atoms with Crippen molar-refractivity contribution in [2.24, 2.45) is 7.05 Å². The second kappa shape index (κ2) is 9.98. The van der Waals surface area contributed by atoms with Gasteiger partial charge < -0.3 is 14.2 Å². The van der Waals surface area contributed by atoms with E-state index in [9.17, 15) is 4.79 Å². The van der Waals surface area contributed by atoms with Gasteiger partial charge in [-0.2, -0.15) is 0 Å². The third-order valence-electron chi connectivity index (χ3n) is 4.66. The third-order valence-corrected chi connectivity index (χ3v) is 5.92. The molecule has 0 bridgehead atoms. The summed E-state index contributed by atoms with van der Waals surface area (Å²) in [5, 5.41) is 9.76. The number of hydrogen-bond donors (Lipinski definition) is 0. The molecule has 1 aromatic heterocycles. The molecule has 0 aliphatic heterocycles. The smallest absolute Gasteiger partial charge is 0.237 e. The Bertz CT molecular complexity index is 835. The van der Waals surface area contributed by atoms with Crippen molar-refractivity contribution in [2.45, 2.75) is 44.4 Å². The van der Waals surface area contributed by atoms with Gasteiger partial charge in [0.1, 0.15) is 12.4 Å². The van der Waals surface area contributed by atoms with Crippen LogP contribution in [0.1, 0.15) is 38.4 Å². The second-order valence-corrected chi connectivity index (χ2v) is 7.95. The van der Waals surface area contributed by atoms with Crippen molar-refractivity contribution in [2.75, 3.05) is 12.3 Å². The quantitative estimate of drug-likeness (QED) is 0.590. The molecule has 0 N–H and O–H groups in total. The molecule has 0 saturated carbocycles. The number of hydrogen-bond acceptors (Lipinski definition) is 5. The number of ether oxygens (including phenoxy) is 1. The summed E-state index contributed by atoms with van der Waals surface area (Å²) in [4.78, 5) is 14.6. The summed E-state index contributed by atoms with van der Waals surface area (Å²) in [7, 11) is 1.88. The molecule has 0 unspecified atom stereocenters. The fourth-order valence-corrected chi connectivity index (χ4v) is 4.02. The lowest BCUT2D eigenvalue weighted by molar-refractivity contribution is -0.126. The number of benzene rings is 1. The van der Waals surface area contributed by atoms with Gasteiger partial charge in [-0.05, 0) is 56.9 Å². The summed E-state index contributed by atoms with van der Waals surface area (Å²) in [5.41, 5.74) is 1.16. The minimum Gasteiger partial charge on any atom is -0.486 e. The van der Waals surface area contributed by atoms with Crippen molar-refractivity contribution < 1.29 is 9.53 Å². The Kier molecular flexibility index (Phi) is 7.39. The van der Waals surface area contributed by atoms with E-state index >= 15 is 0 Å². The van der Waals surface area contributed by atoms with Crippen LogP contribution in [0.3, 0.4) is 0 Å². The molecule has 1 aliphatic carbocycles. The zero-order chi connectivity index (χ0) is 19.9. The van der Waals surface area contributed by atoms with Crippen molar-refractivity contribution in [3.05, 3.63) is 46.9 Å². The van der Waals surface area contributed by atoms with Gasteiger partial charge in [0.05, 0.1) is 5.75 Å². The minimum atomic E-state index is 0.114. The molecule has 1 aromatic carbocycles. The Morgan fingerprint density at radius 3 is 2.75 bits per heavy atom. The lowest BCUT2D eigenvalue weighted by atomic mass is 10.0. The van der Waals surface area contributed by atoms with Crippen LogP contribution in [-0.4, -0.2) is 37.9 Å². The molecule has 8 heteroatoms. The normalized spacial score (nSPS) is 13.9. The lowest BCUT2D eigenvalue weighted by Crippen LogP contribution is -2.32. The van der Waals surface area contributed by atoms with Gasteiger partial charge in [-0.25, -0.2) is 0 Å². The van der Waals surface area contributed by atoms with Crippen LogP contribution < -0.4 is 4.74 Å². The highest BCUT2D eigenvalue weighted by Crippen LogP contribution is 2.23. The molecule has 28 heavy (non-hydrogen) atoms. The molecule has 0 atom stereocenters. The Morgan fingerprint density at radius 2 is 2.07 bits per heavy atom. The van der Waals surface area contributed by atoms with Gasteiger partial charge in [0.25, 0.3) is 0 Å². The summed E-state index contributed by atoms with van der Waals surface area (Å²) in [5.74, 6) is 1.88. The van der Waals surface area contributed by atoms with Crippen LogP contribution in [0.25, 0.3) is 0 Å². The average molecular weight is 421 g/mol. The fourth-order valence-electron chi connectivity index (χ4n) is 3.09. The zero-order valence-electron chi connectivity index (χ0n) is 16.2. The Balaban J connectivity index is 1.55. The van der Waals surface area contributed by atoms with E-state index in [0.717, 1.165) is 30.7 Å². The summed E-state index contributed by atoms with van der Waals surface area (Å²) >= 11 is 7.29. The molecule has 0 spiro atoms. The first-order valence-corrected chi connectivity index (χ1v) is 10.8. The topological polar surface area (TPSA) is 60.3 Å². The zero-order valence-corrected chi connectivity index (χ0v) is 17.8. The van der Waals surface area contributed by atoms with Gasteiger partial charge in [-0.1, -0.05) is 29.4 Å². The molecule has 6 nitrogen and oxygen atoms in total. The van der Waals surface area contributed by atoms with E-state index in [1.54, 1.807) is 12.1 Å². The standard InChI is InChI=1S/C20H25ClN4O2S/c1-3-25(16-7-5-4-6-8-16)19(26)14-28-20-23-22-18(24(20)2)13-27-17-11-9-15(21)10-12-17/h7,9-12H,3-6,8,13-14H2,1-2H3. The Labute approximate surface area is 174 Å². The third kappa shape index (κ3) is 5.29. The minimum absolute atomic E-state index is 0.114. The van der Waals surface area contributed by atoms with Gasteiger partial charge in [0.15, 0.2) is 11.0 Å². The van der Waals surface area contributed by atoms with Crippen molar-refractivity contribution in [1.82, 2.24) is 19.7 Å². The molecule has 1 aliphatic rings. The first kappa shape index (κ1) is 20.7. The van der Waals surface area contributed by atoms with Gasteiger partial charge in [0, 0.05) is 24.3 Å². The van der Waals surface area contributed by atoms with Crippen molar-refractivity contribution in [3.63, 3.8) is 0 Å². The first-order chi connectivity index (χ1) is 13.6. The monoisotopic (exact) mass is 420 g/mol. The number of nitrogens with zero attached hydrogens (tertiary/aromatic N) is 4. The summed E-state index contributed by atoms with van der Waals surface area (Å²) in [6, 6.07) is 7.18. The van der Waals surface area contributed by atoms with E-state index in [4.69, 9.17) is 16.3 Å². The van der Waals surface area contributed by atoms with Gasteiger partial charge in [-0.15, -0.1) is 10.2 Å². The van der Waals surface area contributed by atoms with Gasteiger partial charge >= 0.3 is 0 Å². The number of rotatable bonds is 8. The number of thioether (sulfide) groups is 1. The molecular weight excluding hydrogens is 396 g/mol. The number of allylic oxidation sites excluding steroid dienone is 2. The number of halogens is 1. The highest BCUT2D eigenvalue weighted by molar-refractivity contribution is 7.99. The maximum atomic E-state index is 12.7. The molecule has 3 rings (SSSR count). The van der Waals surface area contributed by atoms with Gasteiger partial charge in [-0.3, -0.25) is 4.79 Å². The van der Waals surface area contributed by atoms with E-state index in [0.29, 0.717) is 34.9 Å². The van der Waals surface area contributed by atoms with Crippen molar-refractivity contribution in [1.29, 1.82) is 0 Å². The first-order valence-electron chi connectivity index (χ1n) is 9.47. The molecule has 0 saturated heterocycles. The highest BCUT2D eigenvalue weighted by atomic mass is 35.5. The molecule has 0 radical (unpaired) electrons. The van der Waals surface area contributed by atoms with Crippen LogP contribution in [-0.2, 0) is 18.4 Å².